The molecule has 1 fully saturated rings. The van der Waals surface area contributed by atoms with Crippen LogP contribution >= 0.6 is 0 Å². The normalized spacial score (nSPS) is 13.8. The number of hydrogen-bond acceptors (Lipinski definition) is 4. The van der Waals surface area contributed by atoms with Crippen LogP contribution in [0.3, 0.4) is 0 Å². The maximum atomic E-state index is 12.2. The maximum absolute atomic E-state index is 12.2. The lowest BCUT2D eigenvalue weighted by atomic mass is 10.2. The van der Waals surface area contributed by atoms with Crippen LogP contribution in [0.25, 0.3) is 5.69 Å². The summed E-state index contributed by atoms with van der Waals surface area (Å²) in [4.78, 5) is 12.2. The Morgan fingerprint density at radius 2 is 2.25 bits per heavy atom. The quantitative estimate of drug-likeness (QED) is 0.627. The standard InChI is InChI=1S/C17H18N6O/c18-13-2-1-3-14(7-13)23-10-11(9-19-23)6-17(24)20-16-8-15(21-22-16)12-4-5-12/h1-3,7-10,12H,4-6,18H2,(H2,20,21,22,24). The number of nitrogens with one attached hydrogen (secondary N) is 2. The molecule has 122 valence electrons. The average Bonchev–Trinajstić information content (AvgIpc) is 3.13. The number of aromatic nitrogens is 4. The number of benzene rings is 1. The zero-order valence-electron chi connectivity index (χ0n) is 13.1. The van der Waals surface area contributed by atoms with E-state index in [1.807, 2.05) is 36.5 Å². The number of aromatic amines is 1. The third kappa shape index (κ3) is 3.15. The number of carbonyl (C=O) groups excluding carboxylic acids is 1. The van der Waals surface area contributed by atoms with E-state index in [-0.39, 0.29) is 12.3 Å². The number of rotatable bonds is 5. The van der Waals surface area contributed by atoms with Crippen molar-refractivity contribution in [1.82, 2.24) is 20.0 Å². The minimum absolute atomic E-state index is 0.115. The summed E-state index contributed by atoms with van der Waals surface area (Å²) >= 11 is 0. The number of H-pyrrole nitrogens is 1. The Bertz CT molecular complexity index is 877. The molecule has 1 aliphatic carbocycles. The van der Waals surface area contributed by atoms with Gasteiger partial charge in [-0.2, -0.15) is 10.2 Å². The van der Waals surface area contributed by atoms with Gasteiger partial charge in [0.2, 0.25) is 5.91 Å². The van der Waals surface area contributed by atoms with E-state index in [1.54, 1.807) is 10.9 Å². The highest BCUT2D eigenvalue weighted by molar-refractivity contribution is 5.91. The van der Waals surface area contributed by atoms with E-state index in [0.717, 1.165) is 16.9 Å². The molecule has 1 aliphatic rings. The van der Waals surface area contributed by atoms with Crippen molar-refractivity contribution in [2.24, 2.45) is 0 Å². The van der Waals surface area contributed by atoms with Crippen molar-refractivity contribution in [2.45, 2.75) is 25.2 Å². The van der Waals surface area contributed by atoms with Crippen molar-refractivity contribution in [3.63, 3.8) is 0 Å². The molecule has 7 nitrogen and oxygen atoms in total. The van der Waals surface area contributed by atoms with Gasteiger partial charge in [0.15, 0.2) is 5.82 Å². The summed E-state index contributed by atoms with van der Waals surface area (Å²) in [6, 6.07) is 9.34. The van der Waals surface area contributed by atoms with Crippen LogP contribution in [0.5, 0.6) is 0 Å². The third-order valence-corrected chi connectivity index (χ3v) is 4.02. The predicted molar refractivity (Wildman–Crippen MR) is 90.9 cm³/mol. The lowest BCUT2D eigenvalue weighted by Gasteiger charge is -2.02. The summed E-state index contributed by atoms with van der Waals surface area (Å²) in [5, 5.41) is 14.2. The molecule has 7 heteroatoms. The molecule has 2 heterocycles. The van der Waals surface area contributed by atoms with Gasteiger partial charge in [0.25, 0.3) is 0 Å². The average molecular weight is 322 g/mol. The Morgan fingerprint density at radius 3 is 3.04 bits per heavy atom. The molecule has 0 radical (unpaired) electrons. The Hall–Kier alpha value is -3.09. The second-order valence-corrected chi connectivity index (χ2v) is 6.10. The van der Waals surface area contributed by atoms with Gasteiger partial charge in [0.05, 0.1) is 18.3 Å². The van der Waals surface area contributed by atoms with E-state index < -0.39 is 0 Å². The fourth-order valence-electron chi connectivity index (χ4n) is 2.64. The van der Waals surface area contributed by atoms with Gasteiger partial charge < -0.3 is 11.1 Å². The van der Waals surface area contributed by atoms with Gasteiger partial charge >= 0.3 is 0 Å². The highest BCUT2D eigenvalue weighted by Crippen LogP contribution is 2.39. The Balaban J connectivity index is 1.40. The number of nitrogen functional groups attached to an aromatic ring is 1. The number of nitrogens with zero attached hydrogens (tertiary/aromatic N) is 3. The molecular weight excluding hydrogens is 304 g/mol. The summed E-state index contributed by atoms with van der Waals surface area (Å²) in [5.74, 6) is 1.04. The minimum atomic E-state index is -0.115. The van der Waals surface area contributed by atoms with E-state index in [0.29, 0.717) is 17.4 Å². The first-order chi connectivity index (χ1) is 11.7. The minimum Gasteiger partial charge on any atom is -0.399 e. The first-order valence-electron chi connectivity index (χ1n) is 7.92. The van der Waals surface area contributed by atoms with E-state index in [9.17, 15) is 4.79 Å². The van der Waals surface area contributed by atoms with Crippen LogP contribution in [-0.4, -0.2) is 25.9 Å². The predicted octanol–water partition coefficient (Wildman–Crippen LogP) is 2.24. The second-order valence-electron chi connectivity index (χ2n) is 6.10. The molecule has 0 spiro atoms. The summed E-state index contributed by atoms with van der Waals surface area (Å²) < 4.78 is 1.71. The molecule has 0 aliphatic heterocycles. The zero-order valence-corrected chi connectivity index (χ0v) is 13.1. The number of carbonyl (C=O) groups is 1. The molecule has 4 rings (SSSR count). The van der Waals surface area contributed by atoms with Gasteiger partial charge in [0.1, 0.15) is 0 Å². The van der Waals surface area contributed by atoms with Gasteiger partial charge in [-0.3, -0.25) is 9.89 Å². The van der Waals surface area contributed by atoms with Gasteiger partial charge in [-0.1, -0.05) is 6.07 Å². The number of amides is 1. The van der Waals surface area contributed by atoms with Crippen LogP contribution in [0.1, 0.15) is 30.0 Å². The summed E-state index contributed by atoms with van der Waals surface area (Å²) in [5.41, 5.74) is 9.24. The smallest absolute Gasteiger partial charge is 0.230 e. The molecule has 0 saturated heterocycles. The topological polar surface area (TPSA) is 102 Å². The van der Waals surface area contributed by atoms with Gasteiger partial charge in [0, 0.05) is 29.6 Å². The van der Waals surface area contributed by atoms with Crippen molar-refractivity contribution in [3.05, 3.63) is 54.0 Å². The molecule has 0 atom stereocenters. The molecule has 3 aromatic rings. The monoisotopic (exact) mass is 322 g/mol. The lowest BCUT2D eigenvalue weighted by molar-refractivity contribution is -0.115. The molecule has 2 aromatic heterocycles. The van der Waals surface area contributed by atoms with Crippen LogP contribution in [0, 0.1) is 0 Å². The molecule has 1 aromatic carbocycles. The van der Waals surface area contributed by atoms with Gasteiger partial charge in [-0.05, 0) is 36.6 Å². The Labute approximate surface area is 138 Å². The fourth-order valence-corrected chi connectivity index (χ4v) is 2.64. The molecule has 1 saturated carbocycles. The summed E-state index contributed by atoms with van der Waals surface area (Å²) in [6.45, 7) is 0. The largest absolute Gasteiger partial charge is 0.399 e. The van der Waals surface area contributed by atoms with Crippen LogP contribution in [0.2, 0.25) is 0 Å². The molecule has 24 heavy (non-hydrogen) atoms. The molecular formula is C17H18N6O. The summed E-state index contributed by atoms with van der Waals surface area (Å²) in [6.07, 6.45) is 6.14. The first kappa shape index (κ1) is 14.5. The van der Waals surface area contributed by atoms with Crippen LogP contribution in [-0.2, 0) is 11.2 Å². The van der Waals surface area contributed by atoms with Crippen molar-refractivity contribution in [3.8, 4) is 5.69 Å². The third-order valence-electron chi connectivity index (χ3n) is 4.02. The van der Waals surface area contributed by atoms with E-state index >= 15 is 0 Å². The lowest BCUT2D eigenvalue weighted by Crippen LogP contribution is -2.14. The summed E-state index contributed by atoms with van der Waals surface area (Å²) in [7, 11) is 0. The highest BCUT2D eigenvalue weighted by atomic mass is 16.1. The SMILES string of the molecule is Nc1cccc(-n2cc(CC(=O)Nc3cc(C4CC4)[nH]n3)cn2)c1. The highest BCUT2D eigenvalue weighted by Gasteiger charge is 2.25. The van der Waals surface area contributed by atoms with Crippen LogP contribution in [0.4, 0.5) is 11.5 Å². The molecule has 4 N–H and O–H groups in total. The first-order valence-corrected chi connectivity index (χ1v) is 7.92. The number of anilines is 2. The van der Waals surface area contributed by atoms with E-state index in [1.165, 1.54) is 12.8 Å². The van der Waals surface area contributed by atoms with Gasteiger partial charge in [-0.15, -0.1) is 0 Å². The second kappa shape index (κ2) is 5.84. The Kier molecular flexibility index (Phi) is 3.53. The number of nitrogens with two attached hydrogens (primary N) is 1. The number of hydrogen-bond donors (Lipinski definition) is 3. The van der Waals surface area contributed by atoms with Gasteiger partial charge in [-0.25, -0.2) is 4.68 Å². The maximum Gasteiger partial charge on any atom is 0.230 e. The van der Waals surface area contributed by atoms with Crippen molar-refractivity contribution in [2.75, 3.05) is 11.1 Å². The fraction of sp³-hybridized carbons (Fsp3) is 0.235. The molecule has 0 unspecified atom stereocenters. The van der Waals surface area contributed by atoms with Crippen molar-refractivity contribution in [1.29, 1.82) is 0 Å². The zero-order chi connectivity index (χ0) is 16.5. The molecule has 0 bridgehead atoms. The van der Waals surface area contributed by atoms with E-state index in [4.69, 9.17) is 5.73 Å². The van der Waals surface area contributed by atoms with Crippen molar-refractivity contribution < 1.29 is 4.79 Å². The van der Waals surface area contributed by atoms with E-state index in [2.05, 4.69) is 20.6 Å². The Morgan fingerprint density at radius 1 is 1.38 bits per heavy atom. The van der Waals surface area contributed by atoms with Crippen molar-refractivity contribution >= 4 is 17.4 Å². The molecule has 1 amide bonds. The van der Waals surface area contributed by atoms with Crippen LogP contribution < -0.4 is 11.1 Å². The van der Waals surface area contributed by atoms with Crippen LogP contribution in [0.15, 0.2) is 42.7 Å².